The Morgan fingerprint density at radius 2 is 1.96 bits per heavy atom. The summed E-state index contributed by atoms with van der Waals surface area (Å²) in [6, 6.07) is 8.66. The molecule has 0 amide bonds. The van der Waals surface area contributed by atoms with Gasteiger partial charge in [-0.05, 0) is 42.5 Å². The number of pyridine rings is 1. The van der Waals surface area contributed by atoms with Gasteiger partial charge < -0.3 is 9.80 Å². The van der Waals surface area contributed by atoms with Gasteiger partial charge in [-0.1, -0.05) is 12.1 Å². The molecule has 0 unspecified atom stereocenters. The fourth-order valence-electron chi connectivity index (χ4n) is 3.48. The van der Waals surface area contributed by atoms with Crippen LogP contribution in [0.5, 0.6) is 0 Å². The van der Waals surface area contributed by atoms with E-state index in [1.165, 1.54) is 18.9 Å². The smallest absolute Gasteiger partial charge is 0.123 e. The standard InChI is InChI=1S/C20H23FN4/c21-17-3-1-2-16(13-17)18-6-7-23-14-19(18)24-8-10-25(11-9-24)20(22)12-15-4-5-15/h1-3,6-7,13-15,22H,4-5,8-12H2. The second-order valence-corrected chi connectivity index (χ2v) is 6.97. The van der Waals surface area contributed by atoms with Gasteiger partial charge in [0.2, 0.25) is 0 Å². The van der Waals surface area contributed by atoms with Crippen LogP contribution in [0.3, 0.4) is 0 Å². The van der Waals surface area contributed by atoms with Gasteiger partial charge in [0.1, 0.15) is 5.82 Å². The molecule has 2 heterocycles. The molecule has 1 N–H and O–H groups in total. The molecule has 1 saturated heterocycles. The first kappa shape index (κ1) is 16.1. The van der Waals surface area contributed by atoms with E-state index >= 15 is 0 Å². The molecule has 2 fully saturated rings. The van der Waals surface area contributed by atoms with E-state index in [0.717, 1.165) is 61.2 Å². The Kier molecular flexibility index (Phi) is 4.38. The summed E-state index contributed by atoms with van der Waals surface area (Å²) in [6.07, 6.45) is 7.13. The van der Waals surface area contributed by atoms with Crippen molar-refractivity contribution < 1.29 is 4.39 Å². The number of anilines is 1. The molecule has 25 heavy (non-hydrogen) atoms. The van der Waals surface area contributed by atoms with Crippen molar-refractivity contribution in [2.45, 2.75) is 19.3 Å². The topological polar surface area (TPSA) is 43.2 Å². The Balaban J connectivity index is 1.49. The van der Waals surface area contributed by atoms with Gasteiger partial charge in [0, 0.05) is 44.4 Å². The summed E-state index contributed by atoms with van der Waals surface area (Å²) in [6.45, 7) is 3.45. The lowest BCUT2D eigenvalue weighted by Gasteiger charge is -2.38. The first-order valence-corrected chi connectivity index (χ1v) is 8.98. The first-order chi connectivity index (χ1) is 12.2. The third-order valence-electron chi connectivity index (χ3n) is 5.12. The minimum Gasteiger partial charge on any atom is -0.366 e. The molecule has 1 aliphatic heterocycles. The molecule has 1 aromatic carbocycles. The quantitative estimate of drug-likeness (QED) is 0.681. The molecule has 1 aromatic heterocycles. The summed E-state index contributed by atoms with van der Waals surface area (Å²) in [4.78, 5) is 8.78. The number of aromatic nitrogens is 1. The second-order valence-electron chi connectivity index (χ2n) is 6.97. The zero-order valence-corrected chi connectivity index (χ0v) is 14.3. The van der Waals surface area contributed by atoms with Crippen LogP contribution in [-0.2, 0) is 0 Å². The Morgan fingerprint density at radius 1 is 1.16 bits per heavy atom. The average molecular weight is 338 g/mol. The highest BCUT2D eigenvalue weighted by molar-refractivity contribution is 5.81. The number of piperazine rings is 1. The SMILES string of the molecule is N=C(CC1CC1)N1CCN(c2cnccc2-c2cccc(F)c2)CC1. The van der Waals surface area contributed by atoms with Crippen molar-refractivity contribution in [1.29, 1.82) is 5.41 Å². The van der Waals surface area contributed by atoms with E-state index in [1.807, 2.05) is 18.3 Å². The molecular weight excluding hydrogens is 315 g/mol. The molecule has 0 bridgehead atoms. The third kappa shape index (κ3) is 3.65. The molecule has 1 saturated carbocycles. The number of amidine groups is 1. The minimum absolute atomic E-state index is 0.224. The minimum atomic E-state index is -0.224. The van der Waals surface area contributed by atoms with Gasteiger partial charge in [0.05, 0.1) is 17.7 Å². The van der Waals surface area contributed by atoms with E-state index in [9.17, 15) is 4.39 Å². The Bertz CT molecular complexity index is 764. The van der Waals surface area contributed by atoms with E-state index in [-0.39, 0.29) is 5.82 Å². The van der Waals surface area contributed by atoms with Crippen LogP contribution in [0.4, 0.5) is 10.1 Å². The molecule has 0 atom stereocenters. The van der Waals surface area contributed by atoms with Gasteiger partial charge in [-0.15, -0.1) is 0 Å². The van der Waals surface area contributed by atoms with Crippen molar-refractivity contribution in [1.82, 2.24) is 9.88 Å². The maximum absolute atomic E-state index is 13.6. The van der Waals surface area contributed by atoms with Crippen molar-refractivity contribution in [2.75, 3.05) is 31.1 Å². The average Bonchev–Trinajstić information content (AvgIpc) is 3.46. The number of benzene rings is 1. The van der Waals surface area contributed by atoms with E-state index < -0.39 is 0 Å². The highest BCUT2D eigenvalue weighted by Crippen LogP contribution is 2.34. The van der Waals surface area contributed by atoms with Crippen molar-refractivity contribution in [2.24, 2.45) is 5.92 Å². The van der Waals surface area contributed by atoms with Gasteiger partial charge in [-0.2, -0.15) is 0 Å². The van der Waals surface area contributed by atoms with Crippen LogP contribution in [0.2, 0.25) is 0 Å². The van der Waals surface area contributed by atoms with Crippen molar-refractivity contribution in [3.63, 3.8) is 0 Å². The zero-order chi connectivity index (χ0) is 17.2. The lowest BCUT2D eigenvalue weighted by Crippen LogP contribution is -2.48. The van der Waals surface area contributed by atoms with Crippen LogP contribution >= 0.6 is 0 Å². The van der Waals surface area contributed by atoms with Crippen LogP contribution in [0.1, 0.15) is 19.3 Å². The van der Waals surface area contributed by atoms with E-state index in [0.29, 0.717) is 0 Å². The van der Waals surface area contributed by atoms with E-state index in [2.05, 4.69) is 14.8 Å². The number of nitrogens with zero attached hydrogens (tertiary/aromatic N) is 3. The predicted octanol–water partition coefficient (Wildman–Crippen LogP) is 3.79. The van der Waals surface area contributed by atoms with Crippen molar-refractivity contribution in [3.05, 3.63) is 48.5 Å². The Hall–Kier alpha value is -2.43. The number of halogens is 1. The Morgan fingerprint density at radius 3 is 2.68 bits per heavy atom. The van der Waals surface area contributed by atoms with Crippen molar-refractivity contribution >= 4 is 11.5 Å². The molecule has 2 aliphatic rings. The highest BCUT2D eigenvalue weighted by atomic mass is 19.1. The summed E-state index contributed by atoms with van der Waals surface area (Å²) in [5, 5.41) is 8.28. The van der Waals surface area contributed by atoms with Crippen molar-refractivity contribution in [3.8, 4) is 11.1 Å². The number of rotatable bonds is 4. The number of nitrogens with one attached hydrogen (secondary N) is 1. The largest absolute Gasteiger partial charge is 0.366 e. The van der Waals surface area contributed by atoms with Gasteiger partial charge in [0.25, 0.3) is 0 Å². The fourth-order valence-corrected chi connectivity index (χ4v) is 3.48. The molecule has 130 valence electrons. The predicted molar refractivity (Wildman–Crippen MR) is 98.5 cm³/mol. The second kappa shape index (κ2) is 6.82. The van der Waals surface area contributed by atoms with Crippen LogP contribution in [0.25, 0.3) is 11.1 Å². The molecular formula is C20H23FN4. The summed E-state index contributed by atoms with van der Waals surface area (Å²) in [5.74, 6) is 1.32. The van der Waals surface area contributed by atoms with Crippen LogP contribution in [0.15, 0.2) is 42.7 Å². The summed E-state index contributed by atoms with van der Waals surface area (Å²) >= 11 is 0. The van der Waals surface area contributed by atoms with Gasteiger partial charge in [-0.3, -0.25) is 10.4 Å². The van der Waals surface area contributed by atoms with E-state index in [4.69, 9.17) is 5.41 Å². The molecule has 2 aromatic rings. The first-order valence-electron chi connectivity index (χ1n) is 8.98. The summed E-state index contributed by atoms with van der Waals surface area (Å²) < 4.78 is 13.6. The van der Waals surface area contributed by atoms with Gasteiger partial charge in [-0.25, -0.2) is 4.39 Å². The maximum Gasteiger partial charge on any atom is 0.123 e. The van der Waals surface area contributed by atoms with Gasteiger partial charge in [0.15, 0.2) is 0 Å². The van der Waals surface area contributed by atoms with Crippen LogP contribution in [0, 0.1) is 17.1 Å². The highest BCUT2D eigenvalue weighted by Gasteiger charge is 2.27. The summed E-state index contributed by atoms with van der Waals surface area (Å²) in [5.41, 5.74) is 2.93. The zero-order valence-electron chi connectivity index (χ0n) is 14.3. The molecule has 4 rings (SSSR count). The molecule has 0 radical (unpaired) electrons. The molecule has 4 nitrogen and oxygen atoms in total. The van der Waals surface area contributed by atoms with E-state index in [1.54, 1.807) is 18.3 Å². The molecule has 0 spiro atoms. The van der Waals surface area contributed by atoms with Crippen LogP contribution < -0.4 is 4.90 Å². The van der Waals surface area contributed by atoms with Gasteiger partial charge >= 0.3 is 0 Å². The number of hydrogen-bond donors (Lipinski definition) is 1. The molecule has 5 heteroatoms. The Labute approximate surface area is 147 Å². The van der Waals surface area contributed by atoms with Crippen LogP contribution in [-0.4, -0.2) is 41.9 Å². The lowest BCUT2D eigenvalue weighted by molar-refractivity contribution is 0.374. The normalized spacial score (nSPS) is 17.6. The summed E-state index contributed by atoms with van der Waals surface area (Å²) in [7, 11) is 0. The monoisotopic (exact) mass is 338 g/mol. The molecule has 1 aliphatic carbocycles. The lowest BCUT2D eigenvalue weighted by atomic mass is 10.0. The maximum atomic E-state index is 13.6. The number of hydrogen-bond acceptors (Lipinski definition) is 3. The third-order valence-corrected chi connectivity index (χ3v) is 5.12. The fraction of sp³-hybridized carbons (Fsp3) is 0.400.